The second-order valence-electron chi connectivity index (χ2n) is 5.64. The SMILES string of the molecule is Cc1ccc(NC(=O)CN(C)C(=O)c2cn(C)nc2C(F)(F)F)cc1. The first-order valence-corrected chi connectivity index (χ1v) is 7.30. The fraction of sp³-hybridized carbons (Fsp3) is 0.312. The van der Waals surface area contributed by atoms with Crippen LogP contribution in [-0.2, 0) is 18.0 Å². The molecule has 134 valence electrons. The van der Waals surface area contributed by atoms with Crippen LogP contribution >= 0.6 is 0 Å². The average Bonchev–Trinajstić information content (AvgIpc) is 2.91. The Kier molecular flexibility index (Phi) is 5.15. The molecular formula is C16H17F3N4O2. The van der Waals surface area contributed by atoms with Crippen LogP contribution in [0.2, 0.25) is 0 Å². The molecule has 0 aliphatic carbocycles. The minimum Gasteiger partial charge on any atom is -0.332 e. The molecule has 1 N–H and O–H groups in total. The average molecular weight is 354 g/mol. The van der Waals surface area contributed by atoms with Crippen molar-refractivity contribution in [3.8, 4) is 0 Å². The third kappa shape index (κ3) is 4.59. The highest BCUT2D eigenvalue weighted by molar-refractivity contribution is 5.99. The summed E-state index contributed by atoms with van der Waals surface area (Å²) in [5, 5.41) is 5.86. The number of alkyl halides is 3. The van der Waals surface area contributed by atoms with Crippen molar-refractivity contribution in [2.45, 2.75) is 13.1 Å². The molecule has 6 nitrogen and oxygen atoms in total. The van der Waals surface area contributed by atoms with E-state index >= 15 is 0 Å². The molecule has 2 rings (SSSR count). The molecular weight excluding hydrogens is 337 g/mol. The van der Waals surface area contributed by atoms with Gasteiger partial charge in [-0.1, -0.05) is 17.7 Å². The predicted octanol–water partition coefficient (Wildman–Crippen LogP) is 2.46. The zero-order valence-corrected chi connectivity index (χ0v) is 13.9. The van der Waals surface area contributed by atoms with Crippen LogP contribution in [-0.4, -0.2) is 40.1 Å². The molecule has 0 unspecified atom stereocenters. The van der Waals surface area contributed by atoms with Crippen molar-refractivity contribution in [1.82, 2.24) is 14.7 Å². The van der Waals surface area contributed by atoms with Gasteiger partial charge in [0.15, 0.2) is 5.69 Å². The third-order valence-corrected chi connectivity index (χ3v) is 3.39. The molecule has 1 heterocycles. The predicted molar refractivity (Wildman–Crippen MR) is 85.0 cm³/mol. The van der Waals surface area contributed by atoms with Crippen molar-refractivity contribution in [3.05, 3.63) is 47.3 Å². The number of halogens is 3. The van der Waals surface area contributed by atoms with Crippen molar-refractivity contribution < 1.29 is 22.8 Å². The van der Waals surface area contributed by atoms with E-state index < -0.39 is 29.2 Å². The van der Waals surface area contributed by atoms with Gasteiger partial charge in [-0.3, -0.25) is 14.3 Å². The summed E-state index contributed by atoms with van der Waals surface area (Å²) < 4.78 is 39.7. The van der Waals surface area contributed by atoms with Gasteiger partial charge in [-0.25, -0.2) is 0 Å². The maximum Gasteiger partial charge on any atom is 0.435 e. The number of likely N-dealkylation sites (N-methyl/N-ethyl adjacent to an activating group) is 1. The van der Waals surface area contributed by atoms with Gasteiger partial charge in [-0.05, 0) is 19.1 Å². The largest absolute Gasteiger partial charge is 0.435 e. The summed E-state index contributed by atoms with van der Waals surface area (Å²) in [6, 6.07) is 6.99. The first-order valence-electron chi connectivity index (χ1n) is 7.30. The molecule has 0 bridgehead atoms. The second-order valence-corrected chi connectivity index (χ2v) is 5.64. The zero-order valence-electron chi connectivity index (χ0n) is 13.9. The standard InChI is InChI=1S/C16H17F3N4O2/c1-10-4-6-11(7-5-10)20-13(24)9-22(2)15(25)12-8-23(3)21-14(12)16(17,18)19/h4-8H,9H2,1-3H3,(H,20,24). The van der Waals surface area contributed by atoms with Gasteiger partial charge in [0.05, 0.1) is 12.1 Å². The van der Waals surface area contributed by atoms with E-state index in [2.05, 4.69) is 10.4 Å². The summed E-state index contributed by atoms with van der Waals surface area (Å²) in [5.74, 6) is -1.45. The summed E-state index contributed by atoms with van der Waals surface area (Å²) in [6.45, 7) is 1.50. The van der Waals surface area contributed by atoms with Crippen LogP contribution in [0, 0.1) is 6.92 Å². The number of nitrogens with one attached hydrogen (secondary N) is 1. The van der Waals surface area contributed by atoms with E-state index in [0.717, 1.165) is 21.3 Å². The van der Waals surface area contributed by atoms with E-state index in [1.54, 1.807) is 24.3 Å². The Bertz CT molecular complexity index is 782. The van der Waals surface area contributed by atoms with E-state index in [0.29, 0.717) is 5.69 Å². The number of rotatable bonds is 4. The lowest BCUT2D eigenvalue weighted by Gasteiger charge is -2.17. The third-order valence-electron chi connectivity index (χ3n) is 3.39. The number of anilines is 1. The molecule has 2 amide bonds. The minimum absolute atomic E-state index is 0.390. The van der Waals surface area contributed by atoms with Crippen LogP contribution in [0.15, 0.2) is 30.5 Å². The van der Waals surface area contributed by atoms with Crippen molar-refractivity contribution >= 4 is 17.5 Å². The topological polar surface area (TPSA) is 67.2 Å². The van der Waals surface area contributed by atoms with Gasteiger partial charge in [-0.2, -0.15) is 18.3 Å². The minimum atomic E-state index is -4.75. The summed E-state index contributed by atoms with van der Waals surface area (Å²) in [7, 11) is 2.54. The van der Waals surface area contributed by atoms with Crippen LogP contribution in [0.4, 0.5) is 18.9 Å². The quantitative estimate of drug-likeness (QED) is 0.917. The lowest BCUT2D eigenvalue weighted by atomic mass is 10.2. The molecule has 1 aromatic heterocycles. The fourth-order valence-electron chi connectivity index (χ4n) is 2.18. The maximum atomic E-state index is 12.9. The fourth-order valence-corrected chi connectivity index (χ4v) is 2.18. The summed E-state index contributed by atoms with van der Waals surface area (Å²) in [4.78, 5) is 25.1. The number of nitrogens with zero attached hydrogens (tertiary/aromatic N) is 3. The van der Waals surface area contributed by atoms with Crippen LogP contribution in [0.3, 0.4) is 0 Å². The zero-order chi connectivity index (χ0) is 18.8. The molecule has 9 heteroatoms. The van der Waals surface area contributed by atoms with Crippen molar-refractivity contribution in [2.75, 3.05) is 18.9 Å². The Balaban J connectivity index is 2.08. The van der Waals surface area contributed by atoms with E-state index in [4.69, 9.17) is 0 Å². The molecule has 0 spiro atoms. The maximum absolute atomic E-state index is 12.9. The number of hydrogen-bond acceptors (Lipinski definition) is 3. The van der Waals surface area contributed by atoms with E-state index in [1.807, 2.05) is 6.92 Å². The Morgan fingerprint density at radius 1 is 1.24 bits per heavy atom. The van der Waals surface area contributed by atoms with Gasteiger partial charge in [0.25, 0.3) is 5.91 Å². The highest BCUT2D eigenvalue weighted by atomic mass is 19.4. The molecule has 0 radical (unpaired) electrons. The molecule has 0 aliphatic rings. The van der Waals surface area contributed by atoms with E-state index in [1.165, 1.54) is 14.1 Å². The van der Waals surface area contributed by atoms with Gasteiger partial charge in [0.2, 0.25) is 5.91 Å². The van der Waals surface area contributed by atoms with Crippen molar-refractivity contribution in [3.63, 3.8) is 0 Å². The smallest absolute Gasteiger partial charge is 0.332 e. The van der Waals surface area contributed by atoms with E-state index in [9.17, 15) is 22.8 Å². The molecule has 0 atom stereocenters. The normalized spacial score (nSPS) is 11.3. The van der Waals surface area contributed by atoms with Crippen molar-refractivity contribution in [2.24, 2.45) is 7.05 Å². The first-order chi connectivity index (χ1) is 11.6. The van der Waals surface area contributed by atoms with Gasteiger partial charge in [0.1, 0.15) is 0 Å². The Hall–Kier alpha value is -2.84. The number of benzene rings is 1. The van der Waals surface area contributed by atoms with Crippen LogP contribution in [0.1, 0.15) is 21.6 Å². The van der Waals surface area contributed by atoms with Gasteiger partial charge in [-0.15, -0.1) is 0 Å². The van der Waals surface area contributed by atoms with Crippen LogP contribution < -0.4 is 5.32 Å². The molecule has 0 aliphatic heterocycles. The van der Waals surface area contributed by atoms with Crippen LogP contribution in [0.25, 0.3) is 0 Å². The summed E-state index contributed by atoms with van der Waals surface area (Å²) >= 11 is 0. The molecule has 0 fully saturated rings. The molecule has 0 saturated carbocycles. The number of hydrogen-bond donors (Lipinski definition) is 1. The molecule has 1 aromatic carbocycles. The Labute approximate surface area is 142 Å². The number of amides is 2. The summed E-state index contributed by atoms with van der Waals surface area (Å²) in [6.07, 6.45) is -3.77. The van der Waals surface area contributed by atoms with Gasteiger partial charge in [0, 0.05) is 26.0 Å². The van der Waals surface area contributed by atoms with E-state index in [-0.39, 0.29) is 6.54 Å². The number of aromatic nitrogens is 2. The van der Waals surface area contributed by atoms with Crippen LogP contribution in [0.5, 0.6) is 0 Å². The highest BCUT2D eigenvalue weighted by Gasteiger charge is 2.39. The first kappa shape index (κ1) is 18.5. The van der Waals surface area contributed by atoms with Gasteiger partial charge < -0.3 is 10.2 Å². The number of aryl methyl sites for hydroxylation is 2. The highest BCUT2D eigenvalue weighted by Crippen LogP contribution is 2.31. The lowest BCUT2D eigenvalue weighted by molar-refractivity contribution is -0.141. The molecule has 2 aromatic rings. The Morgan fingerprint density at radius 3 is 2.40 bits per heavy atom. The second kappa shape index (κ2) is 6.96. The molecule has 0 saturated heterocycles. The molecule has 25 heavy (non-hydrogen) atoms. The lowest BCUT2D eigenvalue weighted by Crippen LogP contribution is -2.35. The van der Waals surface area contributed by atoms with Crippen molar-refractivity contribution in [1.29, 1.82) is 0 Å². The number of carbonyl (C=O) groups is 2. The number of carbonyl (C=O) groups excluding carboxylic acids is 2. The Morgan fingerprint density at radius 2 is 1.84 bits per heavy atom. The van der Waals surface area contributed by atoms with Gasteiger partial charge >= 0.3 is 6.18 Å². The summed E-state index contributed by atoms with van der Waals surface area (Å²) in [5.41, 5.74) is -0.318. The monoisotopic (exact) mass is 354 g/mol.